The zero-order valence-electron chi connectivity index (χ0n) is 11.2. The van der Waals surface area contributed by atoms with Crippen molar-refractivity contribution < 1.29 is 9.59 Å². The maximum atomic E-state index is 10.7. The first-order valence-electron chi connectivity index (χ1n) is 6.13. The molecule has 3 amide bonds. The van der Waals surface area contributed by atoms with E-state index in [1.165, 1.54) is 6.92 Å². The second-order valence-electron chi connectivity index (χ2n) is 4.27. The Labute approximate surface area is 112 Å². The van der Waals surface area contributed by atoms with E-state index in [4.69, 9.17) is 5.73 Å². The Morgan fingerprint density at radius 1 is 1.21 bits per heavy atom. The molecule has 0 spiro atoms. The quantitative estimate of drug-likeness (QED) is 0.576. The summed E-state index contributed by atoms with van der Waals surface area (Å²) in [6, 6.07) is 7.02. The summed E-state index contributed by atoms with van der Waals surface area (Å²) in [6.45, 7) is 4.82. The first-order valence-corrected chi connectivity index (χ1v) is 6.13. The molecule has 1 aromatic carbocycles. The average Bonchev–Trinajstić information content (AvgIpc) is 2.34. The minimum Gasteiger partial charge on any atom is -0.355 e. The van der Waals surface area contributed by atoms with E-state index in [9.17, 15) is 9.59 Å². The number of carbonyl (C=O) groups excluding carboxylic acids is 2. The Morgan fingerprint density at radius 3 is 2.37 bits per heavy atom. The number of rotatable bonds is 6. The van der Waals surface area contributed by atoms with Gasteiger partial charge in [0, 0.05) is 31.7 Å². The molecule has 5 N–H and O–H groups in total. The van der Waals surface area contributed by atoms with E-state index in [2.05, 4.69) is 16.0 Å². The summed E-state index contributed by atoms with van der Waals surface area (Å²) in [7, 11) is 0. The van der Waals surface area contributed by atoms with E-state index in [0.29, 0.717) is 18.8 Å². The van der Waals surface area contributed by atoms with Gasteiger partial charge in [-0.05, 0) is 24.6 Å². The maximum absolute atomic E-state index is 10.7. The van der Waals surface area contributed by atoms with Crippen molar-refractivity contribution in [1.82, 2.24) is 10.6 Å². The van der Waals surface area contributed by atoms with E-state index in [0.717, 1.165) is 5.56 Å². The lowest BCUT2D eigenvalue weighted by atomic mass is 10.1. The van der Waals surface area contributed by atoms with Gasteiger partial charge in [0.15, 0.2) is 0 Å². The number of benzene rings is 1. The second kappa shape index (κ2) is 7.38. The number of amides is 3. The van der Waals surface area contributed by atoms with Crippen molar-refractivity contribution in [2.45, 2.75) is 19.9 Å². The van der Waals surface area contributed by atoms with Gasteiger partial charge in [0.1, 0.15) is 0 Å². The minimum absolute atomic E-state index is 0.0312. The van der Waals surface area contributed by atoms with Crippen molar-refractivity contribution in [2.75, 3.05) is 18.4 Å². The first-order chi connectivity index (χ1) is 8.99. The highest BCUT2D eigenvalue weighted by Gasteiger charge is 2.04. The summed E-state index contributed by atoms with van der Waals surface area (Å²) in [5.41, 5.74) is 6.79. The average molecular weight is 264 g/mol. The number of hydrogen-bond donors (Lipinski definition) is 4. The zero-order chi connectivity index (χ0) is 14.3. The van der Waals surface area contributed by atoms with Gasteiger partial charge in [0.2, 0.25) is 5.91 Å². The normalized spacial score (nSPS) is 11.7. The van der Waals surface area contributed by atoms with Crippen LogP contribution in [0, 0.1) is 0 Å². The van der Waals surface area contributed by atoms with Gasteiger partial charge < -0.3 is 21.7 Å². The highest BCUT2D eigenvalue weighted by atomic mass is 16.2. The van der Waals surface area contributed by atoms with Crippen LogP contribution in [0.1, 0.15) is 25.5 Å². The summed E-state index contributed by atoms with van der Waals surface area (Å²) < 4.78 is 0. The van der Waals surface area contributed by atoms with E-state index in [1.807, 2.05) is 19.1 Å². The predicted molar refractivity (Wildman–Crippen MR) is 74.7 cm³/mol. The van der Waals surface area contributed by atoms with E-state index in [1.54, 1.807) is 12.1 Å². The molecule has 0 saturated heterocycles. The van der Waals surface area contributed by atoms with Crippen LogP contribution in [0.5, 0.6) is 0 Å². The van der Waals surface area contributed by atoms with Crippen molar-refractivity contribution in [3.05, 3.63) is 29.8 Å². The second-order valence-corrected chi connectivity index (χ2v) is 4.27. The summed E-state index contributed by atoms with van der Waals surface area (Å²) in [5.74, 6) is -0.0312. The fraction of sp³-hybridized carbons (Fsp3) is 0.385. The number of carbonyl (C=O) groups is 2. The molecule has 0 aliphatic rings. The van der Waals surface area contributed by atoms with Gasteiger partial charge in [-0.3, -0.25) is 4.79 Å². The van der Waals surface area contributed by atoms with Crippen LogP contribution in [0.25, 0.3) is 0 Å². The number of primary amides is 1. The van der Waals surface area contributed by atoms with Gasteiger partial charge in [0.05, 0.1) is 0 Å². The smallest absolute Gasteiger partial charge is 0.316 e. The predicted octanol–water partition coefficient (Wildman–Crippen LogP) is 0.964. The van der Waals surface area contributed by atoms with Gasteiger partial charge in [-0.2, -0.15) is 0 Å². The molecule has 0 radical (unpaired) electrons. The Hall–Kier alpha value is -2.08. The molecular weight excluding hydrogens is 244 g/mol. The Balaban J connectivity index is 2.41. The molecule has 104 valence electrons. The van der Waals surface area contributed by atoms with Crippen molar-refractivity contribution in [1.29, 1.82) is 0 Å². The zero-order valence-corrected chi connectivity index (χ0v) is 11.2. The highest BCUT2D eigenvalue weighted by Crippen LogP contribution is 2.15. The van der Waals surface area contributed by atoms with Crippen LogP contribution in [0.2, 0.25) is 0 Å². The van der Waals surface area contributed by atoms with E-state index >= 15 is 0 Å². The summed E-state index contributed by atoms with van der Waals surface area (Å²) >= 11 is 0. The van der Waals surface area contributed by atoms with Crippen LogP contribution in [-0.4, -0.2) is 25.0 Å². The molecule has 0 aliphatic carbocycles. The summed E-state index contributed by atoms with van der Waals surface area (Å²) in [4.78, 5) is 21.4. The summed E-state index contributed by atoms with van der Waals surface area (Å²) in [6.07, 6.45) is 0. The molecule has 19 heavy (non-hydrogen) atoms. The molecule has 0 aliphatic heterocycles. The van der Waals surface area contributed by atoms with Crippen molar-refractivity contribution in [3.63, 3.8) is 0 Å². The first kappa shape index (κ1) is 15.0. The third kappa shape index (κ3) is 5.87. The van der Waals surface area contributed by atoms with Crippen molar-refractivity contribution in [2.24, 2.45) is 5.73 Å². The van der Waals surface area contributed by atoms with Crippen molar-refractivity contribution in [3.8, 4) is 0 Å². The number of anilines is 1. The molecule has 1 aromatic rings. The number of nitrogens with one attached hydrogen (secondary N) is 3. The molecule has 6 nitrogen and oxygen atoms in total. The molecule has 0 heterocycles. The monoisotopic (exact) mass is 264 g/mol. The standard InChI is InChI=1S/C13H20N4O2/c1-9(15-7-8-16-10(2)18)11-3-5-12(6-4-11)17-13(14)19/h3-6,9,15H,7-8H2,1-2H3,(H,16,18)(H3,14,17,19). The molecular formula is C13H20N4O2. The number of urea groups is 1. The lowest BCUT2D eigenvalue weighted by molar-refractivity contribution is -0.118. The van der Waals surface area contributed by atoms with Gasteiger partial charge in [-0.25, -0.2) is 4.79 Å². The molecule has 0 fully saturated rings. The number of hydrogen-bond acceptors (Lipinski definition) is 3. The van der Waals surface area contributed by atoms with Crippen LogP contribution < -0.4 is 21.7 Å². The molecule has 6 heteroatoms. The van der Waals surface area contributed by atoms with E-state index < -0.39 is 6.03 Å². The molecule has 0 bridgehead atoms. The molecule has 1 unspecified atom stereocenters. The SMILES string of the molecule is CC(=O)NCCNC(C)c1ccc(NC(N)=O)cc1. The van der Waals surface area contributed by atoms with Crippen LogP contribution >= 0.6 is 0 Å². The lowest BCUT2D eigenvalue weighted by Gasteiger charge is -2.15. The fourth-order valence-corrected chi connectivity index (χ4v) is 1.64. The Kier molecular flexibility index (Phi) is 5.81. The molecule has 0 saturated carbocycles. The fourth-order valence-electron chi connectivity index (χ4n) is 1.64. The van der Waals surface area contributed by atoms with Gasteiger partial charge in [-0.1, -0.05) is 12.1 Å². The van der Waals surface area contributed by atoms with Crippen LogP contribution in [-0.2, 0) is 4.79 Å². The lowest BCUT2D eigenvalue weighted by Crippen LogP contribution is -2.31. The van der Waals surface area contributed by atoms with Gasteiger partial charge >= 0.3 is 6.03 Å². The Bertz CT molecular complexity index is 431. The number of nitrogens with two attached hydrogens (primary N) is 1. The van der Waals surface area contributed by atoms with Crippen LogP contribution in [0.3, 0.4) is 0 Å². The third-order valence-electron chi connectivity index (χ3n) is 2.63. The van der Waals surface area contributed by atoms with Crippen LogP contribution in [0.15, 0.2) is 24.3 Å². The largest absolute Gasteiger partial charge is 0.355 e. The Morgan fingerprint density at radius 2 is 1.84 bits per heavy atom. The van der Waals surface area contributed by atoms with Crippen LogP contribution in [0.4, 0.5) is 10.5 Å². The minimum atomic E-state index is -0.575. The third-order valence-corrected chi connectivity index (χ3v) is 2.63. The molecule has 0 aromatic heterocycles. The molecule has 1 rings (SSSR count). The van der Waals surface area contributed by atoms with Gasteiger partial charge in [0.25, 0.3) is 0 Å². The highest BCUT2D eigenvalue weighted by molar-refractivity contribution is 5.87. The summed E-state index contributed by atoms with van der Waals surface area (Å²) in [5, 5.41) is 8.51. The van der Waals surface area contributed by atoms with Gasteiger partial charge in [-0.15, -0.1) is 0 Å². The van der Waals surface area contributed by atoms with Crippen molar-refractivity contribution >= 4 is 17.6 Å². The molecule has 1 atom stereocenters. The maximum Gasteiger partial charge on any atom is 0.316 e. The topological polar surface area (TPSA) is 96.2 Å². The van der Waals surface area contributed by atoms with E-state index in [-0.39, 0.29) is 11.9 Å².